The lowest BCUT2D eigenvalue weighted by Gasteiger charge is -2.39. The van der Waals surface area contributed by atoms with Crippen LogP contribution in [0.5, 0.6) is 0 Å². The van der Waals surface area contributed by atoms with Crippen molar-refractivity contribution in [3.63, 3.8) is 0 Å². The first kappa shape index (κ1) is 17.8. The van der Waals surface area contributed by atoms with Crippen molar-refractivity contribution >= 4 is 17.5 Å². The molecule has 2 aliphatic heterocycles. The monoisotopic (exact) mass is 343 g/mol. The molecular formula is C20H29N3O2. The zero-order chi connectivity index (χ0) is 17.8. The number of hydrogen-bond acceptors (Lipinski definition) is 3. The van der Waals surface area contributed by atoms with Gasteiger partial charge in [-0.15, -0.1) is 0 Å². The Kier molecular flexibility index (Phi) is 5.61. The number of nitrogens with zero attached hydrogens (tertiary/aromatic N) is 3. The van der Waals surface area contributed by atoms with Gasteiger partial charge in [-0.1, -0.05) is 31.9 Å². The smallest absolute Gasteiger partial charge is 0.256 e. The molecular weight excluding hydrogens is 314 g/mol. The van der Waals surface area contributed by atoms with E-state index >= 15 is 0 Å². The van der Waals surface area contributed by atoms with E-state index in [0.29, 0.717) is 13.1 Å². The molecule has 2 fully saturated rings. The van der Waals surface area contributed by atoms with Crippen LogP contribution in [0.3, 0.4) is 0 Å². The van der Waals surface area contributed by atoms with E-state index in [9.17, 15) is 9.59 Å². The van der Waals surface area contributed by atoms with Gasteiger partial charge in [-0.25, -0.2) is 0 Å². The molecule has 2 amide bonds. The van der Waals surface area contributed by atoms with E-state index in [1.807, 2.05) is 36.2 Å². The third kappa shape index (κ3) is 3.65. The topological polar surface area (TPSA) is 43.9 Å². The van der Waals surface area contributed by atoms with Crippen LogP contribution in [-0.4, -0.2) is 60.9 Å². The number of carbonyl (C=O) groups excluding carboxylic acids is 2. The molecule has 1 unspecified atom stereocenters. The molecule has 0 saturated carbocycles. The molecule has 2 heterocycles. The fraction of sp³-hybridized carbons (Fsp3) is 0.600. The molecule has 2 aliphatic rings. The minimum atomic E-state index is -0.321. The average molecular weight is 343 g/mol. The highest BCUT2D eigenvalue weighted by Crippen LogP contribution is 2.27. The summed E-state index contributed by atoms with van der Waals surface area (Å²) >= 11 is 0. The van der Waals surface area contributed by atoms with Gasteiger partial charge in [0.05, 0.1) is 5.56 Å². The average Bonchev–Trinajstić information content (AvgIpc) is 3.17. The Bertz CT molecular complexity index is 625. The van der Waals surface area contributed by atoms with Crippen LogP contribution in [0, 0.1) is 0 Å². The molecule has 0 bridgehead atoms. The van der Waals surface area contributed by atoms with Crippen LogP contribution >= 0.6 is 0 Å². The molecule has 1 atom stereocenters. The van der Waals surface area contributed by atoms with Crippen LogP contribution in [0.15, 0.2) is 24.3 Å². The summed E-state index contributed by atoms with van der Waals surface area (Å²) in [7, 11) is 1.83. The number of likely N-dealkylation sites (N-methyl/N-ethyl adjacent to an activating group) is 1. The number of hydrogen-bond donors (Lipinski definition) is 0. The van der Waals surface area contributed by atoms with E-state index in [4.69, 9.17) is 0 Å². The molecule has 136 valence electrons. The molecule has 0 spiro atoms. The number of unbranched alkanes of at least 4 members (excludes halogenated alkanes) is 1. The summed E-state index contributed by atoms with van der Waals surface area (Å²) in [5.74, 6) is 0.0803. The minimum Gasteiger partial charge on any atom is -0.371 e. The van der Waals surface area contributed by atoms with Gasteiger partial charge in [0.1, 0.15) is 6.04 Å². The predicted molar refractivity (Wildman–Crippen MR) is 99.9 cm³/mol. The maximum absolute atomic E-state index is 13.3. The predicted octanol–water partition coefficient (Wildman–Crippen LogP) is 2.76. The summed E-state index contributed by atoms with van der Waals surface area (Å²) in [6.07, 6.45) is 5.09. The van der Waals surface area contributed by atoms with Crippen molar-refractivity contribution in [1.29, 1.82) is 0 Å². The fourth-order valence-electron chi connectivity index (χ4n) is 3.87. The van der Waals surface area contributed by atoms with Gasteiger partial charge in [-0.2, -0.15) is 0 Å². The maximum atomic E-state index is 13.3. The number of carbonyl (C=O) groups is 2. The van der Waals surface area contributed by atoms with Gasteiger partial charge in [0.2, 0.25) is 5.91 Å². The van der Waals surface area contributed by atoms with Crippen molar-refractivity contribution < 1.29 is 9.59 Å². The molecule has 1 aromatic rings. The SMILES string of the molecule is CCCCC1C(=O)N(C)CCN1C(=O)c1ccccc1N1CCCC1. The van der Waals surface area contributed by atoms with Gasteiger partial charge in [0.15, 0.2) is 0 Å². The third-order valence-electron chi connectivity index (χ3n) is 5.39. The highest BCUT2D eigenvalue weighted by atomic mass is 16.2. The van der Waals surface area contributed by atoms with E-state index in [0.717, 1.165) is 43.6 Å². The Balaban J connectivity index is 1.87. The largest absolute Gasteiger partial charge is 0.371 e. The van der Waals surface area contributed by atoms with Crippen molar-refractivity contribution in [3.05, 3.63) is 29.8 Å². The number of rotatable bonds is 5. The molecule has 0 radical (unpaired) electrons. The standard InChI is InChI=1S/C20H29N3O2/c1-3-4-10-18-20(25)21(2)14-15-23(18)19(24)16-9-5-6-11-17(16)22-12-7-8-13-22/h5-6,9,11,18H,3-4,7-8,10,12-15H2,1-2H3. The number of benzene rings is 1. The summed E-state index contributed by atoms with van der Waals surface area (Å²) in [4.78, 5) is 31.8. The molecule has 5 heteroatoms. The molecule has 5 nitrogen and oxygen atoms in total. The quantitative estimate of drug-likeness (QED) is 0.826. The molecule has 2 saturated heterocycles. The third-order valence-corrected chi connectivity index (χ3v) is 5.39. The molecule has 3 rings (SSSR count). The number of para-hydroxylation sites is 1. The Hall–Kier alpha value is -2.04. The van der Waals surface area contributed by atoms with Gasteiger partial charge < -0.3 is 14.7 Å². The lowest BCUT2D eigenvalue weighted by molar-refractivity contribution is -0.138. The second-order valence-electron chi connectivity index (χ2n) is 7.13. The second kappa shape index (κ2) is 7.89. The van der Waals surface area contributed by atoms with Gasteiger partial charge in [0.25, 0.3) is 5.91 Å². The van der Waals surface area contributed by atoms with Crippen LogP contribution < -0.4 is 4.90 Å². The van der Waals surface area contributed by atoms with E-state index in [2.05, 4.69) is 11.8 Å². The number of amides is 2. The summed E-state index contributed by atoms with van der Waals surface area (Å²) < 4.78 is 0. The zero-order valence-corrected chi connectivity index (χ0v) is 15.4. The van der Waals surface area contributed by atoms with Crippen molar-refractivity contribution in [2.24, 2.45) is 0 Å². The Labute approximate surface area is 150 Å². The van der Waals surface area contributed by atoms with E-state index < -0.39 is 0 Å². The van der Waals surface area contributed by atoms with E-state index in [1.54, 1.807) is 4.90 Å². The van der Waals surface area contributed by atoms with Gasteiger partial charge in [-0.3, -0.25) is 9.59 Å². The minimum absolute atomic E-state index is 0.00468. The first-order chi connectivity index (χ1) is 12.1. The van der Waals surface area contributed by atoms with Crippen LogP contribution in [0.2, 0.25) is 0 Å². The lowest BCUT2D eigenvalue weighted by atomic mass is 10.0. The highest BCUT2D eigenvalue weighted by molar-refractivity contribution is 6.02. The lowest BCUT2D eigenvalue weighted by Crippen LogP contribution is -2.57. The van der Waals surface area contributed by atoms with E-state index in [1.165, 1.54) is 12.8 Å². The molecule has 25 heavy (non-hydrogen) atoms. The number of anilines is 1. The fourth-order valence-corrected chi connectivity index (χ4v) is 3.87. The van der Waals surface area contributed by atoms with Crippen LogP contribution in [0.1, 0.15) is 49.4 Å². The van der Waals surface area contributed by atoms with Crippen LogP contribution in [0.25, 0.3) is 0 Å². The second-order valence-corrected chi connectivity index (χ2v) is 7.13. The highest BCUT2D eigenvalue weighted by Gasteiger charge is 2.36. The van der Waals surface area contributed by atoms with Crippen molar-refractivity contribution in [2.75, 3.05) is 38.1 Å². The van der Waals surface area contributed by atoms with Crippen molar-refractivity contribution in [1.82, 2.24) is 9.80 Å². The van der Waals surface area contributed by atoms with Crippen LogP contribution in [0.4, 0.5) is 5.69 Å². The van der Waals surface area contributed by atoms with Gasteiger partial charge in [0, 0.05) is 38.9 Å². The molecule has 1 aromatic carbocycles. The van der Waals surface area contributed by atoms with Crippen molar-refractivity contribution in [3.8, 4) is 0 Å². The molecule has 0 N–H and O–H groups in total. The first-order valence-corrected chi connectivity index (χ1v) is 9.53. The molecule has 0 aromatic heterocycles. The Morgan fingerprint density at radius 1 is 1.12 bits per heavy atom. The Morgan fingerprint density at radius 3 is 2.56 bits per heavy atom. The first-order valence-electron chi connectivity index (χ1n) is 9.53. The Morgan fingerprint density at radius 2 is 1.84 bits per heavy atom. The van der Waals surface area contributed by atoms with Crippen LogP contribution in [-0.2, 0) is 4.79 Å². The number of piperazine rings is 1. The zero-order valence-electron chi connectivity index (χ0n) is 15.4. The van der Waals surface area contributed by atoms with E-state index in [-0.39, 0.29) is 17.9 Å². The summed E-state index contributed by atoms with van der Waals surface area (Å²) in [5, 5.41) is 0. The summed E-state index contributed by atoms with van der Waals surface area (Å²) in [5.41, 5.74) is 1.76. The van der Waals surface area contributed by atoms with Gasteiger partial charge in [-0.05, 0) is 31.4 Å². The summed E-state index contributed by atoms with van der Waals surface area (Å²) in [6, 6.07) is 7.55. The summed E-state index contributed by atoms with van der Waals surface area (Å²) in [6.45, 7) is 5.35. The molecule has 0 aliphatic carbocycles. The normalized spacial score (nSPS) is 21.1. The maximum Gasteiger partial charge on any atom is 0.256 e. The van der Waals surface area contributed by atoms with Gasteiger partial charge >= 0.3 is 0 Å². The van der Waals surface area contributed by atoms with Crippen molar-refractivity contribution in [2.45, 2.75) is 45.1 Å².